The normalized spacial score (nSPS) is 17.5. The first-order chi connectivity index (χ1) is 17.9. The van der Waals surface area contributed by atoms with E-state index in [1.165, 1.54) is 11.2 Å². The number of benzene rings is 1. The molecule has 1 aromatic heterocycles. The lowest BCUT2D eigenvalue weighted by molar-refractivity contribution is -0.147. The van der Waals surface area contributed by atoms with Gasteiger partial charge >= 0.3 is 0 Å². The topological polar surface area (TPSA) is 111 Å². The molecule has 0 spiro atoms. The molecular weight excluding hydrogens is 472 g/mol. The third-order valence-electron chi connectivity index (χ3n) is 7.53. The SMILES string of the molecule is COc1ccc(-c2nnn(CC(=O)N(C3CCCCC3)C(C(=O)NC3CCCC3)C(C)C)n2)cc1OC. The largest absolute Gasteiger partial charge is 0.493 e. The van der Waals surface area contributed by atoms with Crippen molar-refractivity contribution in [2.75, 3.05) is 14.2 Å². The summed E-state index contributed by atoms with van der Waals surface area (Å²) in [5, 5.41) is 16.0. The molecule has 1 N–H and O–H groups in total. The van der Waals surface area contributed by atoms with Crippen LogP contribution in [0.2, 0.25) is 0 Å². The number of nitrogens with one attached hydrogen (secondary N) is 1. The number of aromatic nitrogens is 4. The zero-order valence-electron chi connectivity index (χ0n) is 22.5. The van der Waals surface area contributed by atoms with Gasteiger partial charge < -0.3 is 19.7 Å². The highest BCUT2D eigenvalue weighted by Gasteiger charge is 2.38. The summed E-state index contributed by atoms with van der Waals surface area (Å²) in [4.78, 5) is 30.5. The first-order valence-corrected chi connectivity index (χ1v) is 13.5. The zero-order chi connectivity index (χ0) is 26.4. The number of nitrogens with zero attached hydrogens (tertiary/aromatic N) is 5. The van der Waals surface area contributed by atoms with Crippen LogP contribution < -0.4 is 14.8 Å². The first kappa shape index (κ1) is 26.9. The van der Waals surface area contributed by atoms with Crippen LogP contribution in [0.3, 0.4) is 0 Å². The van der Waals surface area contributed by atoms with Gasteiger partial charge in [-0.1, -0.05) is 46.0 Å². The number of hydrogen-bond acceptors (Lipinski definition) is 7. The molecule has 2 saturated carbocycles. The van der Waals surface area contributed by atoms with Gasteiger partial charge in [0.1, 0.15) is 12.6 Å². The van der Waals surface area contributed by atoms with E-state index in [9.17, 15) is 9.59 Å². The number of amides is 2. The van der Waals surface area contributed by atoms with Crippen LogP contribution in [0.4, 0.5) is 0 Å². The Morgan fingerprint density at radius 2 is 1.70 bits per heavy atom. The fraction of sp³-hybridized carbons (Fsp3) is 0.667. The highest BCUT2D eigenvalue weighted by Crippen LogP contribution is 2.31. The van der Waals surface area contributed by atoms with E-state index in [1.54, 1.807) is 26.4 Å². The minimum absolute atomic E-state index is 0.0155. The number of methoxy groups -OCH3 is 2. The number of carbonyl (C=O) groups excluding carboxylic acids is 2. The second kappa shape index (κ2) is 12.4. The van der Waals surface area contributed by atoms with E-state index in [1.807, 2.05) is 24.8 Å². The minimum Gasteiger partial charge on any atom is -0.493 e. The molecule has 10 heteroatoms. The van der Waals surface area contributed by atoms with Gasteiger partial charge in [0.2, 0.25) is 17.6 Å². The highest BCUT2D eigenvalue weighted by molar-refractivity contribution is 5.88. The van der Waals surface area contributed by atoms with E-state index >= 15 is 0 Å². The van der Waals surface area contributed by atoms with Gasteiger partial charge in [0.05, 0.1) is 14.2 Å². The Morgan fingerprint density at radius 3 is 2.35 bits per heavy atom. The van der Waals surface area contributed by atoms with Crippen LogP contribution in [0, 0.1) is 5.92 Å². The molecular formula is C27H40N6O4. The molecule has 4 rings (SSSR count). The molecule has 10 nitrogen and oxygen atoms in total. The number of tetrazole rings is 1. The molecule has 1 atom stereocenters. The van der Waals surface area contributed by atoms with Crippen molar-refractivity contribution < 1.29 is 19.1 Å². The Balaban J connectivity index is 1.54. The molecule has 1 heterocycles. The predicted octanol–water partition coefficient (Wildman–Crippen LogP) is 3.60. The van der Waals surface area contributed by atoms with Crippen LogP contribution in [-0.2, 0) is 16.1 Å². The standard InChI is InChI=1S/C27H40N6O4/c1-18(2)25(27(35)28-20-10-8-9-11-20)33(21-12-6-5-7-13-21)24(34)17-32-30-26(29-31-32)19-14-15-22(36-3)23(16-19)37-4/h14-16,18,20-21,25H,5-13,17H2,1-4H3,(H,28,35). The minimum atomic E-state index is -0.523. The van der Waals surface area contributed by atoms with Gasteiger partial charge in [-0.15, -0.1) is 10.2 Å². The molecule has 2 aliphatic rings. The van der Waals surface area contributed by atoms with Gasteiger partial charge in [0, 0.05) is 17.6 Å². The van der Waals surface area contributed by atoms with E-state index in [0.717, 1.165) is 51.4 Å². The van der Waals surface area contributed by atoms with Crippen molar-refractivity contribution in [2.45, 2.75) is 96.3 Å². The lowest BCUT2D eigenvalue weighted by Gasteiger charge is -2.41. The molecule has 37 heavy (non-hydrogen) atoms. The quantitative estimate of drug-likeness (QED) is 0.518. The van der Waals surface area contributed by atoms with E-state index in [2.05, 4.69) is 20.7 Å². The third-order valence-corrected chi connectivity index (χ3v) is 7.53. The molecule has 1 aromatic carbocycles. The number of rotatable bonds is 10. The van der Waals surface area contributed by atoms with Gasteiger partial charge in [-0.05, 0) is 55.0 Å². The van der Waals surface area contributed by atoms with Crippen LogP contribution >= 0.6 is 0 Å². The maximum Gasteiger partial charge on any atom is 0.247 e. The summed E-state index contributed by atoms with van der Waals surface area (Å²) in [6.07, 6.45) is 9.42. The fourth-order valence-corrected chi connectivity index (χ4v) is 5.66. The molecule has 2 amide bonds. The van der Waals surface area contributed by atoms with Gasteiger partial charge in [0.15, 0.2) is 11.5 Å². The van der Waals surface area contributed by atoms with Gasteiger partial charge in [-0.25, -0.2) is 0 Å². The average Bonchev–Trinajstić information content (AvgIpc) is 3.59. The van der Waals surface area contributed by atoms with Crippen molar-refractivity contribution >= 4 is 11.8 Å². The van der Waals surface area contributed by atoms with Crippen molar-refractivity contribution in [3.05, 3.63) is 18.2 Å². The molecule has 202 valence electrons. The summed E-state index contributed by atoms with van der Waals surface area (Å²) in [7, 11) is 3.15. The van der Waals surface area contributed by atoms with Gasteiger partial charge in [0.25, 0.3) is 0 Å². The second-order valence-electron chi connectivity index (χ2n) is 10.5. The summed E-state index contributed by atoms with van der Waals surface area (Å²) in [5.74, 6) is 1.34. The molecule has 2 aliphatic carbocycles. The van der Waals surface area contributed by atoms with Crippen LogP contribution in [0.15, 0.2) is 18.2 Å². The maximum absolute atomic E-state index is 13.8. The van der Waals surface area contributed by atoms with Crippen LogP contribution in [0.5, 0.6) is 11.5 Å². The molecule has 0 bridgehead atoms. The Bertz CT molecular complexity index is 1060. The molecule has 0 aliphatic heterocycles. The first-order valence-electron chi connectivity index (χ1n) is 13.5. The molecule has 2 fully saturated rings. The zero-order valence-corrected chi connectivity index (χ0v) is 22.5. The fourth-order valence-electron chi connectivity index (χ4n) is 5.66. The molecule has 0 saturated heterocycles. The van der Waals surface area contributed by atoms with Crippen LogP contribution in [0.25, 0.3) is 11.4 Å². The Labute approximate surface area is 219 Å². The van der Waals surface area contributed by atoms with Crippen molar-refractivity contribution in [1.82, 2.24) is 30.4 Å². The Kier molecular flexibility index (Phi) is 9.00. The lowest BCUT2D eigenvalue weighted by atomic mass is 9.90. The van der Waals surface area contributed by atoms with E-state index in [-0.39, 0.29) is 36.4 Å². The number of carbonyl (C=O) groups is 2. The molecule has 1 unspecified atom stereocenters. The van der Waals surface area contributed by atoms with E-state index in [0.29, 0.717) is 22.9 Å². The highest BCUT2D eigenvalue weighted by atomic mass is 16.5. The number of ether oxygens (including phenoxy) is 2. The average molecular weight is 513 g/mol. The van der Waals surface area contributed by atoms with Gasteiger partial charge in [-0.2, -0.15) is 4.80 Å². The van der Waals surface area contributed by atoms with Crippen molar-refractivity contribution in [3.8, 4) is 22.9 Å². The van der Waals surface area contributed by atoms with Crippen LogP contribution in [0.1, 0.15) is 71.6 Å². The lowest BCUT2D eigenvalue weighted by Crippen LogP contribution is -2.58. The smallest absolute Gasteiger partial charge is 0.247 e. The van der Waals surface area contributed by atoms with Crippen LogP contribution in [-0.4, -0.2) is 69.3 Å². The van der Waals surface area contributed by atoms with Crippen molar-refractivity contribution in [2.24, 2.45) is 5.92 Å². The Morgan fingerprint density at radius 1 is 1.03 bits per heavy atom. The summed E-state index contributed by atoms with van der Waals surface area (Å²) in [5.41, 5.74) is 0.705. The summed E-state index contributed by atoms with van der Waals surface area (Å²) >= 11 is 0. The summed E-state index contributed by atoms with van der Waals surface area (Å²) < 4.78 is 10.7. The van der Waals surface area contributed by atoms with E-state index in [4.69, 9.17) is 9.47 Å². The summed E-state index contributed by atoms with van der Waals surface area (Å²) in [6.45, 7) is 3.96. The predicted molar refractivity (Wildman–Crippen MR) is 139 cm³/mol. The third kappa shape index (κ3) is 6.40. The monoisotopic (exact) mass is 512 g/mol. The van der Waals surface area contributed by atoms with Gasteiger partial charge in [-0.3, -0.25) is 9.59 Å². The summed E-state index contributed by atoms with van der Waals surface area (Å²) in [6, 6.07) is 5.10. The molecule has 2 aromatic rings. The number of hydrogen-bond donors (Lipinski definition) is 1. The van der Waals surface area contributed by atoms with Crippen molar-refractivity contribution in [1.29, 1.82) is 0 Å². The Hall–Kier alpha value is -3.17. The van der Waals surface area contributed by atoms with E-state index < -0.39 is 6.04 Å². The van der Waals surface area contributed by atoms with Crippen molar-refractivity contribution in [3.63, 3.8) is 0 Å². The maximum atomic E-state index is 13.8. The second-order valence-corrected chi connectivity index (χ2v) is 10.5. The molecule has 0 radical (unpaired) electrons.